The van der Waals surface area contributed by atoms with Crippen LogP contribution in [0.1, 0.15) is 12.8 Å². The molecule has 174 valence electrons. The number of primary sulfonamides is 1. The maximum atomic E-state index is 11.7. The number of rotatable bonds is 8. The van der Waals surface area contributed by atoms with Crippen LogP contribution in [-0.2, 0) is 14.8 Å². The monoisotopic (exact) mass is 540 g/mol. The van der Waals surface area contributed by atoms with Gasteiger partial charge >= 0.3 is 5.97 Å². The zero-order chi connectivity index (χ0) is 24.3. The highest BCUT2D eigenvalue weighted by Gasteiger charge is 2.18. The number of aromatic nitrogens is 2. The molecule has 0 spiro atoms. The molecule has 0 saturated heterocycles. The Morgan fingerprint density at radius 1 is 1.00 bits per heavy atom. The van der Waals surface area contributed by atoms with Gasteiger partial charge in [-0.3, -0.25) is 4.79 Å². The van der Waals surface area contributed by atoms with Crippen LogP contribution >= 0.6 is 15.9 Å². The second kappa shape index (κ2) is 9.88. The second-order valence-corrected chi connectivity index (χ2v) is 10.1. The maximum Gasteiger partial charge on any atom is 0.303 e. The minimum Gasteiger partial charge on any atom is -0.481 e. The van der Waals surface area contributed by atoms with E-state index in [0.29, 0.717) is 24.6 Å². The van der Waals surface area contributed by atoms with Gasteiger partial charge in [-0.05, 0) is 48.9 Å². The number of benzene rings is 3. The first-order chi connectivity index (χ1) is 16.2. The first kappa shape index (κ1) is 23.8. The fourth-order valence-electron chi connectivity index (χ4n) is 3.57. The standard InChI is InChI=1S/C24H21BrN4O4S/c25-17-8-13-21-20(15-17)23(16-5-2-1-3-6-16)28-24(27-21)29(14-4-7-22(30)31)18-9-11-19(12-10-18)34(26,32)33/h1-3,5-6,8-13,15H,4,7,14H2,(H,30,31)(H2,26,32,33). The predicted molar refractivity (Wildman–Crippen MR) is 134 cm³/mol. The lowest BCUT2D eigenvalue weighted by Gasteiger charge is -2.24. The van der Waals surface area contributed by atoms with E-state index in [0.717, 1.165) is 26.6 Å². The van der Waals surface area contributed by atoms with Gasteiger partial charge in [0.2, 0.25) is 16.0 Å². The molecule has 0 bridgehead atoms. The minimum atomic E-state index is -3.85. The molecule has 0 amide bonds. The SMILES string of the molecule is NS(=O)(=O)c1ccc(N(CCCC(=O)O)c2nc(-c3ccccc3)c3cc(Br)ccc3n2)cc1. The second-order valence-electron chi connectivity index (χ2n) is 7.59. The summed E-state index contributed by atoms with van der Waals surface area (Å²) in [5.74, 6) is -0.527. The fraction of sp³-hybridized carbons (Fsp3) is 0.125. The lowest BCUT2D eigenvalue weighted by molar-refractivity contribution is -0.137. The average molecular weight is 541 g/mol. The molecule has 0 aliphatic carbocycles. The minimum absolute atomic E-state index is 0.0176. The van der Waals surface area contributed by atoms with Crippen LogP contribution < -0.4 is 10.0 Å². The molecule has 0 atom stereocenters. The van der Waals surface area contributed by atoms with Crippen molar-refractivity contribution in [1.29, 1.82) is 0 Å². The van der Waals surface area contributed by atoms with Crippen LogP contribution in [0.3, 0.4) is 0 Å². The summed E-state index contributed by atoms with van der Waals surface area (Å²) in [5.41, 5.74) is 2.97. The maximum absolute atomic E-state index is 11.7. The predicted octanol–water partition coefficient (Wildman–Crippen LogP) is 4.71. The van der Waals surface area contributed by atoms with E-state index >= 15 is 0 Å². The van der Waals surface area contributed by atoms with E-state index in [1.54, 1.807) is 17.0 Å². The van der Waals surface area contributed by atoms with Gasteiger partial charge in [-0.1, -0.05) is 46.3 Å². The number of carbonyl (C=O) groups is 1. The topological polar surface area (TPSA) is 126 Å². The van der Waals surface area contributed by atoms with Crippen LogP contribution in [0.15, 0.2) is 82.2 Å². The van der Waals surface area contributed by atoms with Crippen LogP contribution in [0.4, 0.5) is 11.6 Å². The quantitative estimate of drug-likeness (QED) is 0.331. The van der Waals surface area contributed by atoms with Gasteiger partial charge in [0.05, 0.1) is 16.1 Å². The summed E-state index contributed by atoms with van der Waals surface area (Å²) in [6, 6.07) is 21.5. The van der Waals surface area contributed by atoms with Crippen LogP contribution in [0.2, 0.25) is 0 Å². The van der Waals surface area contributed by atoms with E-state index in [1.165, 1.54) is 12.1 Å². The number of hydrogen-bond acceptors (Lipinski definition) is 6. The van der Waals surface area contributed by atoms with Gasteiger partial charge in [0.25, 0.3) is 0 Å². The Labute approximate surface area is 205 Å². The Bertz CT molecular complexity index is 1450. The largest absolute Gasteiger partial charge is 0.481 e. The number of fused-ring (bicyclic) bond motifs is 1. The lowest BCUT2D eigenvalue weighted by atomic mass is 10.1. The molecule has 0 fully saturated rings. The molecule has 0 aliphatic rings. The van der Waals surface area contributed by atoms with Crippen molar-refractivity contribution >= 4 is 54.5 Å². The van der Waals surface area contributed by atoms with E-state index in [-0.39, 0.29) is 11.3 Å². The Balaban J connectivity index is 1.86. The van der Waals surface area contributed by atoms with Crippen LogP contribution in [-0.4, -0.2) is 36.0 Å². The molecule has 3 N–H and O–H groups in total. The van der Waals surface area contributed by atoms with Crippen molar-refractivity contribution in [2.24, 2.45) is 5.14 Å². The highest BCUT2D eigenvalue weighted by Crippen LogP contribution is 2.32. The Morgan fingerprint density at radius 2 is 1.71 bits per heavy atom. The zero-order valence-corrected chi connectivity index (χ0v) is 20.3. The van der Waals surface area contributed by atoms with E-state index < -0.39 is 16.0 Å². The van der Waals surface area contributed by atoms with Crippen molar-refractivity contribution in [3.05, 3.63) is 77.3 Å². The summed E-state index contributed by atoms with van der Waals surface area (Å²) in [5, 5.41) is 15.2. The Kier molecular flexibility index (Phi) is 6.92. The molecule has 10 heteroatoms. The molecule has 8 nitrogen and oxygen atoms in total. The smallest absolute Gasteiger partial charge is 0.303 e. The number of carboxylic acids is 1. The molecule has 4 aromatic rings. The summed E-state index contributed by atoms with van der Waals surface area (Å²) in [7, 11) is -3.85. The summed E-state index contributed by atoms with van der Waals surface area (Å²) in [6.45, 7) is 0.317. The molecule has 1 aromatic heterocycles. The third-order valence-corrected chi connectivity index (χ3v) is 6.61. The van der Waals surface area contributed by atoms with E-state index in [4.69, 9.17) is 20.2 Å². The zero-order valence-electron chi connectivity index (χ0n) is 17.9. The lowest BCUT2D eigenvalue weighted by Crippen LogP contribution is -2.22. The van der Waals surface area contributed by atoms with E-state index in [9.17, 15) is 13.2 Å². The van der Waals surface area contributed by atoms with E-state index in [2.05, 4.69) is 15.9 Å². The van der Waals surface area contributed by atoms with Gasteiger partial charge in [-0.25, -0.2) is 23.5 Å². The van der Waals surface area contributed by atoms with Crippen molar-refractivity contribution in [2.45, 2.75) is 17.7 Å². The molecule has 0 aliphatic heterocycles. The van der Waals surface area contributed by atoms with Gasteiger partial charge in [0.15, 0.2) is 0 Å². The highest BCUT2D eigenvalue weighted by atomic mass is 79.9. The third-order valence-electron chi connectivity index (χ3n) is 5.18. The molecular weight excluding hydrogens is 520 g/mol. The molecule has 1 heterocycles. The van der Waals surface area contributed by atoms with Crippen molar-refractivity contribution in [3.8, 4) is 11.3 Å². The van der Waals surface area contributed by atoms with Crippen LogP contribution in [0.5, 0.6) is 0 Å². The number of anilines is 2. The fourth-order valence-corrected chi connectivity index (χ4v) is 4.45. The van der Waals surface area contributed by atoms with Gasteiger partial charge in [0, 0.05) is 34.1 Å². The first-order valence-corrected chi connectivity index (χ1v) is 12.7. The van der Waals surface area contributed by atoms with Crippen LogP contribution in [0, 0.1) is 0 Å². The number of halogens is 1. The summed E-state index contributed by atoms with van der Waals surface area (Å²) >= 11 is 3.51. The van der Waals surface area contributed by atoms with Crippen molar-refractivity contribution in [3.63, 3.8) is 0 Å². The molecule has 0 unspecified atom stereocenters. The third kappa shape index (κ3) is 5.41. The Morgan fingerprint density at radius 3 is 2.35 bits per heavy atom. The number of sulfonamides is 1. The number of nitrogens with two attached hydrogens (primary N) is 1. The summed E-state index contributed by atoms with van der Waals surface area (Å²) in [6.07, 6.45) is 0.312. The van der Waals surface area contributed by atoms with E-state index in [1.807, 2.05) is 48.5 Å². The number of carboxylic acid groups (broad SMARTS) is 1. The van der Waals surface area contributed by atoms with Crippen LogP contribution in [0.25, 0.3) is 22.2 Å². The molecule has 0 saturated carbocycles. The summed E-state index contributed by atoms with van der Waals surface area (Å²) in [4.78, 5) is 22.5. The highest BCUT2D eigenvalue weighted by molar-refractivity contribution is 9.10. The molecule has 0 radical (unpaired) electrons. The summed E-state index contributed by atoms with van der Waals surface area (Å²) < 4.78 is 24.2. The van der Waals surface area contributed by atoms with Gasteiger partial charge in [-0.15, -0.1) is 0 Å². The number of nitrogens with zero attached hydrogens (tertiary/aromatic N) is 3. The van der Waals surface area contributed by atoms with Crippen molar-refractivity contribution in [1.82, 2.24) is 9.97 Å². The number of aliphatic carboxylic acids is 1. The Hall–Kier alpha value is -3.34. The molecule has 34 heavy (non-hydrogen) atoms. The van der Waals surface area contributed by atoms with Gasteiger partial charge in [0.1, 0.15) is 0 Å². The van der Waals surface area contributed by atoms with Crippen molar-refractivity contribution < 1.29 is 18.3 Å². The normalized spacial score (nSPS) is 11.5. The van der Waals surface area contributed by atoms with Gasteiger partial charge < -0.3 is 10.0 Å². The van der Waals surface area contributed by atoms with Crippen molar-refractivity contribution in [2.75, 3.05) is 11.4 Å². The van der Waals surface area contributed by atoms with Gasteiger partial charge in [-0.2, -0.15) is 0 Å². The number of hydrogen-bond donors (Lipinski definition) is 2. The molecule has 3 aromatic carbocycles. The first-order valence-electron chi connectivity index (χ1n) is 10.4. The molecular formula is C24H21BrN4O4S. The average Bonchev–Trinajstić information content (AvgIpc) is 2.81. The molecule has 4 rings (SSSR count).